The zero-order valence-corrected chi connectivity index (χ0v) is 17.6. The van der Waals surface area contributed by atoms with Gasteiger partial charge >= 0.3 is 0 Å². The van der Waals surface area contributed by atoms with Crippen LogP contribution in [0.25, 0.3) is 11.4 Å². The third-order valence-corrected chi connectivity index (χ3v) is 5.60. The van der Waals surface area contributed by atoms with Gasteiger partial charge in [0.25, 0.3) is 0 Å². The zero-order chi connectivity index (χ0) is 21.7. The number of rotatable bonds is 6. The van der Waals surface area contributed by atoms with Gasteiger partial charge in [-0.15, -0.1) is 4.36 Å². The normalized spacial score (nSPS) is 11.5. The molecule has 30 heavy (non-hydrogen) atoms. The van der Waals surface area contributed by atoms with E-state index < -0.39 is 15.9 Å². The number of thiol groups is 1. The number of hydrogen-bond donors (Lipinski definition) is 3. The highest BCUT2D eigenvalue weighted by Gasteiger charge is 2.12. The lowest BCUT2D eigenvalue weighted by molar-refractivity contribution is 0.412. The summed E-state index contributed by atoms with van der Waals surface area (Å²) in [4.78, 5) is 12.7. The highest BCUT2D eigenvalue weighted by molar-refractivity contribution is 7.98. The van der Waals surface area contributed by atoms with E-state index in [-0.39, 0.29) is 5.75 Å². The van der Waals surface area contributed by atoms with E-state index >= 15 is 0 Å². The molecule has 0 saturated heterocycles. The summed E-state index contributed by atoms with van der Waals surface area (Å²) < 4.78 is 32.6. The minimum atomic E-state index is -2.70. The van der Waals surface area contributed by atoms with Gasteiger partial charge in [-0.25, -0.2) is 14.4 Å². The van der Waals surface area contributed by atoms with Crippen LogP contribution in [0.5, 0.6) is 5.75 Å². The molecular weight excluding hydrogens is 407 g/mol. The first-order valence-corrected chi connectivity index (χ1v) is 11.2. The van der Waals surface area contributed by atoms with Gasteiger partial charge in [0, 0.05) is 17.5 Å². The Hall–Kier alpha value is -3.42. The molecule has 1 heterocycles. The van der Waals surface area contributed by atoms with Gasteiger partial charge < -0.3 is 14.6 Å². The summed E-state index contributed by atoms with van der Waals surface area (Å²) in [5, 5.41) is 11.9. The second kappa shape index (κ2) is 8.94. The standard InChI is InChI=1S/C20H21FN6O2S/c1-13-6-14(10-30(3,28)25-11-22)8-16(7-13)26-20-24-12-23-19(27-20)17-5-4-15(21)9-18(17)29-2/h4-9,12,30H,10H2,1-3H3,(H,25,28)(H,23,24,26,27). The van der Waals surface area contributed by atoms with Gasteiger partial charge in [-0.1, -0.05) is 16.2 Å². The van der Waals surface area contributed by atoms with Crippen molar-refractivity contribution in [3.63, 3.8) is 0 Å². The van der Waals surface area contributed by atoms with Crippen molar-refractivity contribution in [1.82, 2.24) is 15.0 Å². The fourth-order valence-corrected chi connectivity index (χ4v) is 4.11. The summed E-state index contributed by atoms with van der Waals surface area (Å²) in [6, 6.07) is 9.79. The molecule has 2 N–H and O–H groups in total. The first kappa shape index (κ1) is 21.3. The van der Waals surface area contributed by atoms with Crippen molar-refractivity contribution >= 4 is 21.7 Å². The van der Waals surface area contributed by atoms with Crippen LogP contribution in [-0.2, 0) is 15.9 Å². The van der Waals surface area contributed by atoms with Crippen molar-refractivity contribution in [2.75, 3.05) is 18.7 Å². The number of aromatic nitrogens is 3. The number of nitriles is 1. The molecule has 0 fully saturated rings. The highest BCUT2D eigenvalue weighted by atomic mass is 32.3. The summed E-state index contributed by atoms with van der Waals surface area (Å²) in [5.41, 5.74) is 3.05. The van der Waals surface area contributed by atoms with E-state index in [4.69, 9.17) is 10.00 Å². The lowest BCUT2D eigenvalue weighted by Crippen LogP contribution is -2.10. The summed E-state index contributed by atoms with van der Waals surface area (Å²) in [5.74, 6) is 0.811. The van der Waals surface area contributed by atoms with Crippen molar-refractivity contribution in [1.29, 1.82) is 5.26 Å². The molecule has 156 valence electrons. The van der Waals surface area contributed by atoms with Crippen LogP contribution >= 0.6 is 0 Å². The molecule has 0 aliphatic rings. The van der Waals surface area contributed by atoms with Crippen molar-refractivity contribution < 1.29 is 13.7 Å². The third kappa shape index (κ3) is 5.34. The first-order chi connectivity index (χ1) is 14.3. The van der Waals surface area contributed by atoms with Crippen LogP contribution in [0.4, 0.5) is 16.0 Å². The van der Waals surface area contributed by atoms with E-state index in [1.165, 1.54) is 25.6 Å². The first-order valence-electron chi connectivity index (χ1n) is 8.90. The van der Waals surface area contributed by atoms with Crippen LogP contribution in [0.1, 0.15) is 11.1 Å². The molecule has 3 rings (SSSR count). The average molecular weight is 428 g/mol. The van der Waals surface area contributed by atoms with E-state index in [9.17, 15) is 8.94 Å². The number of hydrogen-bond acceptors (Lipinski definition) is 7. The molecule has 0 radical (unpaired) electrons. The van der Waals surface area contributed by atoms with Gasteiger partial charge in [0.05, 0.1) is 12.7 Å². The van der Waals surface area contributed by atoms with Crippen LogP contribution in [0.3, 0.4) is 0 Å². The van der Waals surface area contributed by atoms with Crippen LogP contribution < -0.4 is 10.1 Å². The van der Waals surface area contributed by atoms with E-state index in [0.717, 1.165) is 11.1 Å². The number of ether oxygens (including phenoxy) is 1. The second-order valence-corrected chi connectivity index (χ2v) is 9.45. The molecular formula is C20H21FN6O2S. The minimum Gasteiger partial charge on any atom is -0.496 e. The molecule has 10 heteroatoms. The maximum absolute atomic E-state index is 13.5. The van der Waals surface area contributed by atoms with Gasteiger partial charge in [0.1, 0.15) is 17.9 Å². The largest absolute Gasteiger partial charge is 0.496 e. The van der Waals surface area contributed by atoms with E-state index in [1.54, 1.807) is 18.5 Å². The SMILES string of the molecule is COc1cc(F)ccc1-c1ncnc(Nc2cc(C)cc(C[SH](C)(O)=NC#N)c2)n1. The maximum Gasteiger partial charge on any atom is 0.230 e. The molecule has 0 saturated carbocycles. The lowest BCUT2D eigenvalue weighted by Gasteiger charge is -2.17. The Balaban J connectivity index is 1.90. The van der Waals surface area contributed by atoms with Crippen LogP contribution in [0, 0.1) is 24.2 Å². The number of methoxy groups -OCH3 is 1. The Morgan fingerprint density at radius 3 is 2.80 bits per heavy atom. The molecule has 3 aromatic rings. The number of anilines is 2. The fraction of sp³-hybridized carbons (Fsp3) is 0.200. The third-order valence-electron chi connectivity index (χ3n) is 4.11. The van der Waals surface area contributed by atoms with Gasteiger partial charge in [-0.3, -0.25) is 0 Å². The quantitative estimate of drug-likeness (QED) is 0.403. The Labute approximate surface area is 174 Å². The molecule has 8 nitrogen and oxygen atoms in total. The van der Waals surface area contributed by atoms with Gasteiger partial charge in [0.2, 0.25) is 12.1 Å². The Kier molecular flexibility index (Phi) is 6.34. The maximum atomic E-state index is 13.5. The Morgan fingerprint density at radius 1 is 1.27 bits per heavy atom. The number of benzene rings is 2. The predicted molar refractivity (Wildman–Crippen MR) is 115 cm³/mol. The molecule has 0 spiro atoms. The predicted octanol–water partition coefficient (Wildman–Crippen LogP) is 3.89. The molecule has 2 aromatic carbocycles. The van der Waals surface area contributed by atoms with E-state index in [0.29, 0.717) is 28.8 Å². The Bertz CT molecular complexity index is 1170. The minimum absolute atomic E-state index is 0.284. The summed E-state index contributed by atoms with van der Waals surface area (Å²) in [7, 11) is -1.25. The molecule has 0 bridgehead atoms. The number of nitrogens with zero attached hydrogens (tertiary/aromatic N) is 5. The molecule has 0 atom stereocenters. The van der Waals surface area contributed by atoms with Crippen molar-refractivity contribution in [2.45, 2.75) is 12.7 Å². The highest BCUT2D eigenvalue weighted by Crippen LogP contribution is 2.28. The van der Waals surface area contributed by atoms with Gasteiger partial charge in [-0.05, 0) is 48.6 Å². The molecule has 0 aliphatic heterocycles. The topological polar surface area (TPSA) is 116 Å². The van der Waals surface area contributed by atoms with Crippen molar-refractivity contribution in [3.8, 4) is 23.3 Å². The zero-order valence-electron chi connectivity index (χ0n) is 16.7. The van der Waals surface area contributed by atoms with Gasteiger partial charge in [-0.2, -0.15) is 10.2 Å². The summed E-state index contributed by atoms with van der Waals surface area (Å²) in [6.07, 6.45) is 4.62. The number of nitrogens with one attached hydrogen (secondary N) is 1. The van der Waals surface area contributed by atoms with Crippen molar-refractivity contribution in [2.24, 2.45) is 4.36 Å². The van der Waals surface area contributed by atoms with Crippen LogP contribution in [-0.4, -0.2) is 32.9 Å². The van der Waals surface area contributed by atoms with Gasteiger partial charge in [0.15, 0.2) is 5.82 Å². The fourth-order valence-electron chi connectivity index (χ4n) is 2.97. The number of halogens is 1. The monoisotopic (exact) mass is 428 g/mol. The van der Waals surface area contributed by atoms with Crippen LogP contribution in [0.15, 0.2) is 47.1 Å². The second-order valence-electron chi connectivity index (χ2n) is 6.76. The molecule has 0 unspecified atom stereocenters. The summed E-state index contributed by atoms with van der Waals surface area (Å²) in [6.45, 7) is 1.92. The van der Waals surface area contributed by atoms with E-state index in [2.05, 4.69) is 24.6 Å². The number of aryl methyl sites for hydroxylation is 1. The molecule has 0 amide bonds. The molecule has 1 aromatic heterocycles. The average Bonchev–Trinajstić information content (AvgIpc) is 2.67. The van der Waals surface area contributed by atoms with Crippen molar-refractivity contribution in [3.05, 3.63) is 59.7 Å². The Morgan fingerprint density at radius 2 is 2.07 bits per heavy atom. The van der Waals surface area contributed by atoms with Crippen LogP contribution in [0.2, 0.25) is 0 Å². The smallest absolute Gasteiger partial charge is 0.230 e. The lowest BCUT2D eigenvalue weighted by atomic mass is 10.1. The molecule has 0 aliphatic carbocycles. The van der Waals surface area contributed by atoms with E-state index in [1.807, 2.05) is 25.1 Å². The summed E-state index contributed by atoms with van der Waals surface area (Å²) >= 11 is 0.